The summed E-state index contributed by atoms with van der Waals surface area (Å²) in [5.41, 5.74) is 5.90. The second kappa shape index (κ2) is 5.61. The van der Waals surface area contributed by atoms with Crippen LogP contribution in [0.4, 0.5) is 0 Å². The first-order valence-corrected chi connectivity index (χ1v) is 7.95. The summed E-state index contributed by atoms with van der Waals surface area (Å²) in [7, 11) is 1.62. The van der Waals surface area contributed by atoms with Crippen molar-refractivity contribution < 1.29 is 9.53 Å². The van der Waals surface area contributed by atoms with E-state index in [4.69, 9.17) is 11.2 Å². The van der Waals surface area contributed by atoms with Gasteiger partial charge in [-0.3, -0.25) is 9.78 Å². The minimum Gasteiger partial charge on any atom is -0.497 e. The van der Waals surface area contributed by atoms with Crippen molar-refractivity contribution in [2.45, 2.75) is 6.92 Å². The lowest BCUT2D eigenvalue weighted by atomic mass is 9.92. The van der Waals surface area contributed by atoms with Gasteiger partial charge in [0.15, 0.2) is 5.78 Å². The highest BCUT2D eigenvalue weighted by molar-refractivity contribution is 6.24. The number of rotatable bonds is 2. The lowest BCUT2D eigenvalue weighted by Crippen LogP contribution is -2.04. The van der Waals surface area contributed by atoms with Gasteiger partial charge >= 0.3 is 0 Å². The standard InChI is InChI=1S/C22H15NO2/c1-4-16-13(2)23-21-17-7-5-6-8-18(17)22(24)20(21)19(16)14-9-11-15(25-3)12-10-14/h1,5-12H,2-3H3. The van der Waals surface area contributed by atoms with Crippen LogP contribution in [0.2, 0.25) is 0 Å². The van der Waals surface area contributed by atoms with Gasteiger partial charge in [0.1, 0.15) is 5.75 Å². The average Bonchev–Trinajstić information content (AvgIpc) is 2.93. The minimum absolute atomic E-state index is 0.0274. The number of hydrogen-bond acceptors (Lipinski definition) is 3. The molecule has 1 heterocycles. The van der Waals surface area contributed by atoms with Crippen molar-refractivity contribution in [3.63, 3.8) is 0 Å². The number of benzene rings is 2. The molecule has 0 atom stereocenters. The Morgan fingerprint density at radius 1 is 1.00 bits per heavy atom. The molecular formula is C22H15NO2. The highest BCUT2D eigenvalue weighted by Gasteiger charge is 2.32. The lowest BCUT2D eigenvalue weighted by Gasteiger charge is -2.13. The first-order chi connectivity index (χ1) is 12.2. The Hall–Kier alpha value is -3.38. The Kier molecular flexibility index (Phi) is 3.40. The Balaban J connectivity index is 2.06. The zero-order valence-corrected chi connectivity index (χ0v) is 14.0. The molecule has 25 heavy (non-hydrogen) atoms. The first kappa shape index (κ1) is 15.2. The maximum absolute atomic E-state index is 13.1. The van der Waals surface area contributed by atoms with E-state index in [0.717, 1.165) is 28.1 Å². The molecule has 0 fully saturated rings. The second-order valence-electron chi connectivity index (χ2n) is 5.92. The van der Waals surface area contributed by atoms with Gasteiger partial charge in [0.05, 0.1) is 29.6 Å². The summed E-state index contributed by atoms with van der Waals surface area (Å²) >= 11 is 0. The molecule has 0 N–H and O–H groups in total. The number of nitrogens with zero attached hydrogens (tertiary/aromatic N) is 1. The highest BCUT2D eigenvalue weighted by atomic mass is 16.5. The Morgan fingerprint density at radius 3 is 2.32 bits per heavy atom. The Bertz CT molecular complexity index is 1060. The third kappa shape index (κ3) is 2.15. The topological polar surface area (TPSA) is 39.2 Å². The van der Waals surface area contributed by atoms with Gasteiger partial charge < -0.3 is 4.74 Å². The molecule has 0 spiro atoms. The van der Waals surface area contributed by atoms with E-state index >= 15 is 0 Å². The van der Waals surface area contributed by atoms with Crippen LogP contribution >= 0.6 is 0 Å². The van der Waals surface area contributed by atoms with Crippen molar-refractivity contribution in [2.24, 2.45) is 0 Å². The quantitative estimate of drug-likeness (QED) is 0.517. The summed E-state index contributed by atoms with van der Waals surface area (Å²) < 4.78 is 5.23. The molecule has 3 nitrogen and oxygen atoms in total. The van der Waals surface area contributed by atoms with Gasteiger partial charge in [0, 0.05) is 16.7 Å². The summed E-state index contributed by atoms with van der Waals surface area (Å²) in [5.74, 6) is 3.45. The summed E-state index contributed by atoms with van der Waals surface area (Å²) in [6.45, 7) is 1.88. The van der Waals surface area contributed by atoms with Crippen molar-refractivity contribution in [3.05, 3.63) is 70.9 Å². The number of ether oxygens (including phenoxy) is 1. The van der Waals surface area contributed by atoms with Crippen LogP contribution in [-0.2, 0) is 0 Å². The van der Waals surface area contributed by atoms with Crippen LogP contribution in [0.25, 0.3) is 22.4 Å². The molecule has 1 aromatic heterocycles. The number of carbonyl (C=O) groups excluding carboxylic acids is 1. The third-order valence-corrected chi connectivity index (χ3v) is 4.56. The van der Waals surface area contributed by atoms with Crippen LogP contribution in [0.3, 0.4) is 0 Å². The molecule has 4 rings (SSSR count). The monoisotopic (exact) mass is 325 g/mol. The normalized spacial score (nSPS) is 11.6. The molecule has 0 unspecified atom stereocenters. The molecular weight excluding hydrogens is 310 g/mol. The fourth-order valence-electron chi connectivity index (χ4n) is 3.37. The van der Waals surface area contributed by atoms with Crippen molar-refractivity contribution in [1.82, 2.24) is 4.98 Å². The smallest absolute Gasteiger partial charge is 0.196 e. The molecule has 0 saturated heterocycles. The van der Waals surface area contributed by atoms with Gasteiger partial charge in [-0.25, -0.2) is 0 Å². The maximum Gasteiger partial charge on any atom is 0.196 e. The van der Waals surface area contributed by atoms with Crippen LogP contribution < -0.4 is 4.74 Å². The number of aryl methyl sites for hydroxylation is 1. The van der Waals surface area contributed by atoms with Crippen molar-refractivity contribution in [2.75, 3.05) is 7.11 Å². The summed E-state index contributed by atoms with van der Waals surface area (Å²) in [6.07, 6.45) is 5.76. The van der Waals surface area contributed by atoms with Gasteiger partial charge in [0.25, 0.3) is 0 Å². The Labute approximate surface area is 146 Å². The molecule has 1 aliphatic rings. The first-order valence-electron chi connectivity index (χ1n) is 7.95. The van der Waals surface area contributed by atoms with Gasteiger partial charge in [-0.05, 0) is 24.6 Å². The van der Waals surface area contributed by atoms with Gasteiger partial charge in [0.2, 0.25) is 0 Å². The molecule has 0 amide bonds. The van der Waals surface area contributed by atoms with Crippen LogP contribution in [-0.4, -0.2) is 17.9 Å². The van der Waals surface area contributed by atoms with Crippen molar-refractivity contribution in [1.29, 1.82) is 0 Å². The molecule has 3 aromatic rings. The van der Waals surface area contributed by atoms with E-state index in [0.29, 0.717) is 22.4 Å². The van der Waals surface area contributed by atoms with Crippen LogP contribution in [0.5, 0.6) is 5.75 Å². The fourth-order valence-corrected chi connectivity index (χ4v) is 3.37. The average molecular weight is 325 g/mol. The van der Waals surface area contributed by atoms with E-state index < -0.39 is 0 Å². The molecule has 0 saturated carbocycles. The number of ketones is 1. The Morgan fingerprint density at radius 2 is 1.68 bits per heavy atom. The number of hydrogen-bond donors (Lipinski definition) is 0. The van der Waals surface area contributed by atoms with E-state index in [1.54, 1.807) is 7.11 Å². The summed E-state index contributed by atoms with van der Waals surface area (Å²) in [5, 5.41) is 0. The van der Waals surface area contributed by atoms with E-state index in [9.17, 15) is 4.79 Å². The summed E-state index contributed by atoms with van der Waals surface area (Å²) in [6, 6.07) is 15.1. The van der Waals surface area contributed by atoms with Crippen LogP contribution in [0, 0.1) is 19.3 Å². The molecule has 0 radical (unpaired) electrons. The molecule has 2 aromatic carbocycles. The number of carbonyl (C=O) groups is 1. The molecule has 0 aliphatic heterocycles. The largest absolute Gasteiger partial charge is 0.497 e. The van der Waals surface area contributed by atoms with E-state index in [1.807, 2.05) is 55.5 Å². The predicted molar refractivity (Wildman–Crippen MR) is 97.8 cm³/mol. The maximum atomic E-state index is 13.1. The zero-order valence-electron chi connectivity index (χ0n) is 14.0. The lowest BCUT2D eigenvalue weighted by molar-refractivity contribution is 0.104. The predicted octanol–water partition coefficient (Wildman–Crippen LogP) is 4.26. The van der Waals surface area contributed by atoms with Crippen LogP contribution in [0.1, 0.15) is 27.2 Å². The highest BCUT2D eigenvalue weighted by Crippen LogP contribution is 2.42. The number of terminal acetylenes is 1. The number of methoxy groups -OCH3 is 1. The molecule has 3 heteroatoms. The SMILES string of the molecule is C#Cc1c(C)nc2c(c1-c1ccc(OC)cc1)C(=O)c1ccccc1-2. The third-order valence-electron chi connectivity index (χ3n) is 4.56. The number of pyridine rings is 1. The number of fused-ring (bicyclic) bond motifs is 3. The molecule has 1 aliphatic carbocycles. The van der Waals surface area contributed by atoms with E-state index in [-0.39, 0.29) is 5.78 Å². The molecule has 0 bridgehead atoms. The van der Waals surface area contributed by atoms with Crippen molar-refractivity contribution in [3.8, 4) is 40.5 Å². The van der Waals surface area contributed by atoms with Gasteiger partial charge in [-0.2, -0.15) is 0 Å². The minimum atomic E-state index is -0.0274. The number of aromatic nitrogens is 1. The summed E-state index contributed by atoms with van der Waals surface area (Å²) in [4.78, 5) is 17.7. The second-order valence-corrected chi connectivity index (χ2v) is 5.92. The van der Waals surface area contributed by atoms with E-state index in [2.05, 4.69) is 10.9 Å². The van der Waals surface area contributed by atoms with Gasteiger partial charge in [-0.1, -0.05) is 42.3 Å². The fraction of sp³-hybridized carbons (Fsp3) is 0.0909. The van der Waals surface area contributed by atoms with Crippen LogP contribution in [0.15, 0.2) is 48.5 Å². The zero-order chi connectivity index (χ0) is 17.6. The van der Waals surface area contributed by atoms with Crippen molar-refractivity contribution >= 4 is 5.78 Å². The van der Waals surface area contributed by atoms with Gasteiger partial charge in [-0.15, -0.1) is 6.42 Å². The molecule has 120 valence electrons. The van der Waals surface area contributed by atoms with E-state index in [1.165, 1.54) is 0 Å².